The summed E-state index contributed by atoms with van der Waals surface area (Å²) in [5, 5.41) is 1.25. The molecule has 0 radical (unpaired) electrons. The molecular formula is C24H36N4O. The van der Waals surface area contributed by atoms with E-state index in [0.717, 1.165) is 63.2 Å². The van der Waals surface area contributed by atoms with Gasteiger partial charge in [-0.05, 0) is 63.9 Å². The summed E-state index contributed by atoms with van der Waals surface area (Å²) in [6.07, 6.45) is 8.11. The number of fused-ring (bicyclic) bond motifs is 1. The molecule has 3 heterocycles. The van der Waals surface area contributed by atoms with E-state index in [0.29, 0.717) is 6.04 Å². The van der Waals surface area contributed by atoms with Gasteiger partial charge in [0.1, 0.15) is 0 Å². The van der Waals surface area contributed by atoms with E-state index < -0.39 is 0 Å². The molecule has 2 aromatic rings. The number of rotatable bonds is 4. The fraction of sp³-hybridized carbons (Fsp3) is 0.625. The van der Waals surface area contributed by atoms with Crippen LogP contribution in [-0.2, 0) is 6.54 Å². The van der Waals surface area contributed by atoms with E-state index in [1.54, 1.807) is 0 Å². The second-order valence-electron chi connectivity index (χ2n) is 9.04. The Balaban J connectivity index is 1.45. The zero-order chi connectivity index (χ0) is 20.2. The summed E-state index contributed by atoms with van der Waals surface area (Å²) in [6.45, 7) is 12.0. The number of benzene rings is 1. The van der Waals surface area contributed by atoms with Gasteiger partial charge in [-0.1, -0.05) is 18.9 Å². The maximum absolute atomic E-state index is 12.9. The number of hydrogen-bond donors (Lipinski definition) is 1. The monoisotopic (exact) mass is 396 g/mol. The minimum absolute atomic E-state index is 0.186. The standard InChI is InChI=1S/C24H36N4O/c1-19(2)27-13-7-10-26(14-15-27)18-21-17-25-23-16-20(8-9-22(21)23)24(29)28-11-5-3-4-6-12-28/h8-9,16-17,19,25H,3-7,10-15,18H2,1-2H3. The smallest absolute Gasteiger partial charge is 0.253 e. The number of carbonyl (C=O) groups excluding carboxylic acids is 1. The Morgan fingerprint density at radius 2 is 1.76 bits per heavy atom. The fourth-order valence-electron chi connectivity index (χ4n) is 4.81. The summed E-state index contributed by atoms with van der Waals surface area (Å²) in [5.74, 6) is 0.186. The van der Waals surface area contributed by atoms with Crippen molar-refractivity contribution in [2.75, 3.05) is 39.3 Å². The van der Waals surface area contributed by atoms with Gasteiger partial charge in [-0.2, -0.15) is 0 Å². The van der Waals surface area contributed by atoms with Crippen molar-refractivity contribution in [3.05, 3.63) is 35.5 Å². The number of H-pyrrole nitrogens is 1. The van der Waals surface area contributed by atoms with Gasteiger partial charge in [0.2, 0.25) is 0 Å². The maximum Gasteiger partial charge on any atom is 0.253 e. The maximum atomic E-state index is 12.9. The summed E-state index contributed by atoms with van der Waals surface area (Å²) >= 11 is 0. The molecule has 0 bridgehead atoms. The van der Waals surface area contributed by atoms with Crippen LogP contribution in [0.4, 0.5) is 0 Å². The van der Waals surface area contributed by atoms with E-state index in [1.165, 1.54) is 36.8 Å². The molecule has 1 N–H and O–H groups in total. The van der Waals surface area contributed by atoms with Crippen LogP contribution in [0.1, 0.15) is 61.9 Å². The molecule has 4 rings (SSSR count). The van der Waals surface area contributed by atoms with Gasteiger partial charge < -0.3 is 9.88 Å². The molecule has 0 spiro atoms. The fourth-order valence-corrected chi connectivity index (χ4v) is 4.81. The van der Waals surface area contributed by atoms with E-state index in [4.69, 9.17) is 0 Å². The zero-order valence-corrected chi connectivity index (χ0v) is 18.1. The van der Waals surface area contributed by atoms with Crippen LogP contribution in [0.15, 0.2) is 24.4 Å². The lowest BCUT2D eigenvalue weighted by Gasteiger charge is -2.24. The van der Waals surface area contributed by atoms with Gasteiger partial charge in [0.15, 0.2) is 0 Å². The highest BCUT2D eigenvalue weighted by molar-refractivity contribution is 5.98. The molecule has 29 heavy (non-hydrogen) atoms. The number of likely N-dealkylation sites (tertiary alicyclic amines) is 1. The van der Waals surface area contributed by atoms with Crippen LogP contribution in [0.2, 0.25) is 0 Å². The molecule has 1 amide bonds. The van der Waals surface area contributed by atoms with Crippen molar-refractivity contribution in [2.24, 2.45) is 0 Å². The molecule has 1 aromatic heterocycles. The van der Waals surface area contributed by atoms with Crippen LogP contribution in [0, 0.1) is 0 Å². The molecule has 158 valence electrons. The van der Waals surface area contributed by atoms with Crippen LogP contribution in [-0.4, -0.2) is 70.9 Å². The summed E-state index contributed by atoms with van der Waals surface area (Å²) < 4.78 is 0. The van der Waals surface area contributed by atoms with Crippen LogP contribution in [0.3, 0.4) is 0 Å². The summed E-state index contributed by atoms with van der Waals surface area (Å²) in [7, 11) is 0. The van der Waals surface area contributed by atoms with Crippen molar-refractivity contribution in [3.8, 4) is 0 Å². The Kier molecular flexibility index (Phi) is 6.56. The van der Waals surface area contributed by atoms with E-state index in [9.17, 15) is 4.79 Å². The predicted octanol–water partition coefficient (Wildman–Crippen LogP) is 4.10. The summed E-state index contributed by atoms with van der Waals surface area (Å²) in [4.78, 5) is 23.6. The first-order valence-corrected chi connectivity index (χ1v) is 11.5. The highest BCUT2D eigenvalue weighted by Gasteiger charge is 2.20. The van der Waals surface area contributed by atoms with E-state index in [2.05, 4.69) is 47.0 Å². The molecule has 0 saturated carbocycles. The van der Waals surface area contributed by atoms with Crippen molar-refractivity contribution < 1.29 is 4.79 Å². The molecular weight excluding hydrogens is 360 g/mol. The molecule has 2 aliphatic rings. The second-order valence-corrected chi connectivity index (χ2v) is 9.04. The highest BCUT2D eigenvalue weighted by Crippen LogP contribution is 2.23. The van der Waals surface area contributed by atoms with Crippen molar-refractivity contribution in [1.29, 1.82) is 0 Å². The van der Waals surface area contributed by atoms with Crippen LogP contribution in [0.25, 0.3) is 10.9 Å². The molecule has 0 atom stereocenters. The normalized spacial score (nSPS) is 20.2. The molecule has 2 fully saturated rings. The highest BCUT2D eigenvalue weighted by atomic mass is 16.2. The van der Waals surface area contributed by atoms with E-state index in [-0.39, 0.29) is 5.91 Å². The van der Waals surface area contributed by atoms with Gasteiger partial charge in [-0.3, -0.25) is 14.6 Å². The Morgan fingerprint density at radius 3 is 2.52 bits per heavy atom. The lowest BCUT2D eigenvalue weighted by molar-refractivity contribution is 0.0762. The molecule has 2 saturated heterocycles. The Hall–Kier alpha value is -1.85. The number of aromatic amines is 1. The number of nitrogens with zero attached hydrogens (tertiary/aromatic N) is 3. The largest absolute Gasteiger partial charge is 0.361 e. The number of nitrogens with one attached hydrogen (secondary N) is 1. The number of carbonyl (C=O) groups is 1. The number of hydrogen-bond acceptors (Lipinski definition) is 3. The third kappa shape index (κ3) is 4.84. The number of amides is 1. The molecule has 0 unspecified atom stereocenters. The summed E-state index contributed by atoms with van der Waals surface area (Å²) in [5.41, 5.74) is 3.24. The first kappa shape index (κ1) is 20.4. The Morgan fingerprint density at radius 1 is 0.966 bits per heavy atom. The third-order valence-corrected chi connectivity index (χ3v) is 6.66. The van der Waals surface area contributed by atoms with Gasteiger partial charge in [0.05, 0.1) is 0 Å². The van der Waals surface area contributed by atoms with Crippen molar-refractivity contribution >= 4 is 16.8 Å². The van der Waals surface area contributed by atoms with Crippen LogP contribution in [0.5, 0.6) is 0 Å². The Bertz CT molecular complexity index is 819. The van der Waals surface area contributed by atoms with Gasteiger partial charge in [-0.25, -0.2) is 0 Å². The molecule has 1 aromatic carbocycles. The van der Waals surface area contributed by atoms with Crippen molar-refractivity contribution in [2.45, 2.75) is 58.5 Å². The van der Waals surface area contributed by atoms with E-state index >= 15 is 0 Å². The SMILES string of the molecule is CC(C)N1CCCN(Cc2c[nH]c3cc(C(=O)N4CCCCCC4)ccc23)CC1. The first-order chi connectivity index (χ1) is 14.1. The molecule has 5 heteroatoms. The van der Waals surface area contributed by atoms with Gasteiger partial charge in [0, 0.05) is 61.4 Å². The zero-order valence-electron chi connectivity index (χ0n) is 18.1. The average Bonchev–Trinajstić information content (AvgIpc) is 2.92. The quantitative estimate of drug-likeness (QED) is 0.846. The third-order valence-electron chi connectivity index (χ3n) is 6.66. The van der Waals surface area contributed by atoms with Crippen LogP contribution >= 0.6 is 0 Å². The van der Waals surface area contributed by atoms with Gasteiger partial charge in [0.25, 0.3) is 5.91 Å². The topological polar surface area (TPSA) is 42.6 Å². The lowest BCUT2D eigenvalue weighted by atomic mass is 10.1. The first-order valence-electron chi connectivity index (χ1n) is 11.5. The summed E-state index contributed by atoms with van der Waals surface area (Å²) in [6, 6.07) is 6.85. The molecule has 0 aliphatic carbocycles. The second kappa shape index (κ2) is 9.31. The van der Waals surface area contributed by atoms with Gasteiger partial charge >= 0.3 is 0 Å². The molecule has 5 nitrogen and oxygen atoms in total. The molecule has 2 aliphatic heterocycles. The minimum atomic E-state index is 0.186. The van der Waals surface area contributed by atoms with Gasteiger partial charge in [-0.15, -0.1) is 0 Å². The predicted molar refractivity (Wildman–Crippen MR) is 119 cm³/mol. The van der Waals surface area contributed by atoms with Crippen molar-refractivity contribution in [3.63, 3.8) is 0 Å². The van der Waals surface area contributed by atoms with E-state index in [1.807, 2.05) is 11.0 Å². The van der Waals surface area contributed by atoms with Crippen LogP contribution < -0.4 is 0 Å². The average molecular weight is 397 g/mol. The Labute approximate surface area is 175 Å². The number of aromatic nitrogens is 1. The lowest BCUT2D eigenvalue weighted by Crippen LogP contribution is -2.34. The van der Waals surface area contributed by atoms with Crippen molar-refractivity contribution in [1.82, 2.24) is 19.7 Å². The minimum Gasteiger partial charge on any atom is -0.361 e.